The van der Waals surface area contributed by atoms with Crippen LogP contribution >= 0.6 is 0 Å². The molecule has 3 rings (SSSR count). The number of rotatable bonds is 7. The molecule has 0 saturated carbocycles. The van der Waals surface area contributed by atoms with Gasteiger partial charge in [-0.2, -0.15) is 13.2 Å². The van der Waals surface area contributed by atoms with Crippen LogP contribution in [0.5, 0.6) is 17.4 Å². The Morgan fingerprint density at radius 3 is 2.46 bits per heavy atom. The first kappa shape index (κ1) is 25.9. The van der Waals surface area contributed by atoms with Crippen molar-refractivity contribution in [3.63, 3.8) is 0 Å². The maximum absolute atomic E-state index is 14.3. The topological polar surface area (TPSA) is 101 Å². The van der Waals surface area contributed by atoms with Gasteiger partial charge in [0.1, 0.15) is 11.3 Å². The summed E-state index contributed by atoms with van der Waals surface area (Å²) in [6.45, 7) is 3.42. The number of carbonyl (C=O) groups is 1. The van der Waals surface area contributed by atoms with Crippen LogP contribution in [0.2, 0.25) is 0 Å². The molecule has 1 aromatic heterocycles. The van der Waals surface area contributed by atoms with Gasteiger partial charge < -0.3 is 14.8 Å². The molecule has 1 atom stereocenters. The Kier molecular flexibility index (Phi) is 7.34. The van der Waals surface area contributed by atoms with Crippen molar-refractivity contribution in [1.82, 2.24) is 4.98 Å². The second-order valence-corrected chi connectivity index (χ2v) is 9.92. The molecular formula is C23H21F4N3O4S. The molecule has 0 saturated heterocycles. The number of hydrogen-bond acceptors (Lipinski definition) is 6. The molecule has 1 heterocycles. The summed E-state index contributed by atoms with van der Waals surface area (Å²) in [6, 6.07) is 9.66. The quantitative estimate of drug-likeness (QED) is 0.373. The number of nitrogens with zero attached hydrogens (tertiary/aromatic N) is 1. The Bertz CT molecular complexity index is 1360. The summed E-state index contributed by atoms with van der Waals surface area (Å²) >= 11 is 0. The molecule has 0 aliphatic carbocycles. The van der Waals surface area contributed by atoms with Gasteiger partial charge in [0.2, 0.25) is 5.88 Å². The van der Waals surface area contributed by atoms with Crippen molar-refractivity contribution in [2.45, 2.75) is 31.0 Å². The first-order chi connectivity index (χ1) is 16.2. The van der Waals surface area contributed by atoms with E-state index in [0.717, 1.165) is 6.07 Å². The number of ether oxygens (including phenoxy) is 2. The lowest BCUT2D eigenvalue weighted by Gasteiger charge is -2.15. The van der Waals surface area contributed by atoms with Gasteiger partial charge in [-0.25, -0.2) is 18.4 Å². The van der Waals surface area contributed by atoms with E-state index in [-0.39, 0.29) is 28.2 Å². The van der Waals surface area contributed by atoms with Crippen LogP contribution in [0.4, 0.5) is 23.2 Å². The molecule has 7 nitrogen and oxygen atoms in total. The van der Waals surface area contributed by atoms with Gasteiger partial charge in [-0.3, -0.25) is 4.79 Å². The highest BCUT2D eigenvalue weighted by molar-refractivity contribution is 7.91. The number of halogens is 4. The number of alkyl halides is 3. The minimum atomic E-state index is -4.79. The fourth-order valence-corrected chi connectivity index (χ4v) is 3.56. The molecule has 35 heavy (non-hydrogen) atoms. The Morgan fingerprint density at radius 2 is 1.86 bits per heavy atom. The number of hydrogen-bond donors (Lipinski definition) is 2. The van der Waals surface area contributed by atoms with Crippen LogP contribution in [0, 0.1) is 10.6 Å². The lowest BCUT2D eigenvalue weighted by molar-refractivity contribution is -0.137. The number of amides is 1. The van der Waals surface area contributed by atoms with Gasteiger partial charge in [0.25, 0.3) is 5.91 Å². The summed E-state index contributed by atoms with van der Waals surface area (Å²) in [6.07, 6.45) is -3.40. The predicted octanol–water partition coefficient (Wildman–Crippen LogP) is 6.11. The van der Waals surface area contributed by atoms with E-state index < -0.39 is 44.6 Å². The molecule has 0 fully saturated rings. The molecule has 2 aromatic carbocycles. The van der Waals surface area contributed by atoms with Gasteiger partial charge >= 0.3 is 6.18 Å². The van der Waals surface area contributed by atoms with E-state index in [1.807, 2.05) is 0 Å². The average Bonchev–Trinajstić information content (AvgIpc) is 2.74. The maximum Gasteiger partial charge on any atom is 0.417 e. The Morgan fingerprint density at radius 1 is 1.14 bits per heavy atom. The lowest BCUT2D eigenvalue weighted by atomic mass is 10.1. The van der Waals surface area contributed by atoms with E-state index in [2.05, 4.69) is 10.3 Å². The van der Waals surface area contributed by atoms with Gasteiger partial charge in [-0.05, 0) is 50.2 Å². The second-order valence-electron chi connectivity index (χ2n) is 7.76. The van der Waals surface area contributed by atoms with Gasteiger partial charge in [-0.1, -0.05) is 6.07 Å². The normalized spacial score (nSPS) is 13.3. The largest absolute Gasteiger partial charge is 0.488 e. The van der Waals surface area contributed by atoms with Gasteiger partial charge in [0, 0.05) is 29.1 Å². The van der Waals surface area contributed by atoms with Crippen molar-refractivity contribution in [2.75, 3.05) is 11.6 Å². The lowest BCUT2D eigenvalue weighted by Crippen LogP contribution is -2.16. The predicted molar refractivity (Wildman–Crippen MR) is 121 cm³/mol. The van der Waals surface area contributed by atoms with Gasteiger partial charge in [0.05, 0.1) is 21.4 Å². The van der Waals surface area contributed by atoms with Crippen LogP contribution in [0.15, 0.2) is 59.6 Å². The van der Waals surface area contributed by atoms with E-state index in [1.54, 1.807) is 13.8 Å². The number of aromatic nitrogens is 1. The molecule has 1 unspecified atom stereocenters. The van der Waals surface area contributed by atoms with Crippen LogP contribution in [0.25, 0.3) is 0 Å². The Labute approximate surface area is 199 Å². The first-order valence-electron chi connectivity index (χ1n) is 10.1. The smallest absolute Gasteiger partial charge is 0.417 e. The molecule has 186 valence electrons. The molecule has 0 spiro atoms. The SMILES string of the molecule is CC(C)Oc1ccc(Oc2ncc(C(F)(F)F)cc2C(=O)Nc2cccc(S(C)(=N)=O)c2)cc1F. The van der Waals surface area contributed by atoms with E-state index in [9.17, 15) is 26.6 Å². The number of benzene rings is 2. The Balaban J connectivity index is 1.97. The summed E-state index contributed by atoms with van der Waals surface area (Å²) in [5, 5.41) is 2.39. The van der Waals surface area contributed by atoms with E-state index in [1.165, 1.54) is 42.7 Å². The molecule has 0 radical (unpaired) electrons. The highest BCUT2D eigenvalue weighted by atomic mass is 32.2. The van der Waals surface area contributed by atoms with Crippen molar-refractivity contribution in [1.29, 1.82) is 4.78 Å². The van der Waals surface area contributed by atoms with E-state index >= 15 is 0 Å². The first-order valence-corrected chi connectivity index (χ1v) is 12.1. The van der Waals surface area contributed by atoms with Crippen LogP contribution in [0.3, 0.4) is 0 Å². The fraction of sp³-hybridized carbons (Fsp3) is 0.217. The van der Waals surface area contributed by atoms with E-state index in [0.29, 0.717) is 12.3 Å². The summed E-state index contributed by atoms with van der Waals surface area (Å²) in [4.78, 5) is 16.6. The zero-order valence-electron chi connectivity index (χ0n) is 18.8. The maximum atomic E-state index is 14.3. The molecule has 1 amide bonds. The number of anilines is 1. The third-order valence-electron chi connectivity index (χ3n) is 4.45. The zero-order valence-corrected chi connectivity index (χ0v) is 19.6. The molecule has 12 heteroatoms. The summed E-state index contributed by atoms with van der Waals surface area (Å²) < 4.78 is 84.5. The monoisotopic (exact) mass is 511 g/mol. The molecule has 0 aliphatic heterocycles. The summed E-state index contributed by atoms with van der Waals surface area (Å²) in [5.74, 6) is -2.45. The van der Waals surface area contributed by atoms with Crippen LogP contribution in [-0.4, -0.2) is 27.5 Å². The zero-order chi connectivity index (χ0) is 26.0. The Hall–Kier alpha value is -3.67. The molecular weight excluding hydrogens is 490 g/mol. The average molecular weight is 511 g/mol. The summed E-state index contributed by atoms with van der Waals surface area (Å²) in [7, 11) is -3.10. The minimum Gasteiger partial charge on any atom is -0.488 e. The fourth-order valence-electron chi connectivity index (χ4n) is 2.87. The third-order valence-corrected chi connectivity index (χ3v) is 5.60. The van der Waals surface area contributed by atoms with Crippen molar-refractivity contribution < 1.29 is 36.0 Å². The van der Waals surface area contributed by atoms with Crippen LogP contribution in [-0.2, 0) is 15.9 Å². The van der Waals surface area contributed by atoms with Crippen molar-refractivity contribution >= 4 is 21.3 Å². The standard InChI is InChI=1S/C23H21F4N3O4S/c1-13(2)33-20-8-7-16(11-19(20)24)34-22-18(9-14(12-29-22)23(25,26)27)21(31)30-15-5-4-6-17(10-15)35(3,28)32/h4-13,28H,1-3H3,(H,30,31). The molecule has 2 N–H and O–H groups in total. The van der Waals surface area contributed by atoms with Crippen LogP contribution in [0.1, 0.15) is 29.8 Å². The highest BCUT2D eigenvalue weighted by Crippen LogP contribution is 2.34. The molecule has 3 aromatic rings. The summed E-state index contributed by atoms with van der Waals surface area (Å²) in [5.41, 5.74) is -1.67. The van der Waals surface area contributed by atoms with Gasteiger partial charge in [-0.15, -0.1) is 0 Å². The van der Waals surface area contributed by atoms with Crippen molar-refractivity contribution in [3.05, 3.63) is 71.7 Å². The molecule has 0 aliphatic rings. The van der Waals surface area contributed by atoms with Gasteiger partial charge in [0.15, 0.2) is 11.6 Å². The van der Waals surface area contributed by atoms with Crippen LogP contribution < -0.4 is 14.8 Å². The molecule has 0 bridgehead atoms. The van der Waals surface area contributed by atoms with E-state index in [4.69, 9.17) is 14.3 Å². The second kappa shape index (κ2) is 9.90. The number of pyridine rings is 1. The number of nitrogens with one attached hydrogen (secondary N) is 2. The minimum absolute atomic E-state index is 0.0486. The number of carbonyl (C=O) groups excluding carboxylic acids is 1. The van der Waals surface area contributed by atoms with Crippen molar-refractivity contribution in [3.8, 4) is 17.4 Å². The highest BCUT2D eigenvalue weighted by Gasteiger charge is 2.33. The van der Waals surface area contributed by atoms with Crippen molar-refractivity contribution in [2.24, 2.45) is 0 Å². The third kappa shape index (κ3) is 6.69.